The predicted octanol–water partition coefficient (Wildman–Crippen LogP) is 2.71. The fraction of sp³-hybridized carbons (Fsp3) is 0.105. The van der Waals surface area contributed by atoms with Crippen LogP contribution in [0.4, 0.5) is 0 Å². The summed E-state index contributed by atoms with van der Waals surface area (Å²) in [4.78, 5) is 28.6. The normalized spacial score (nSPS) is 11.9. The molecule has 0 aliphatic heterocycles. The second-order valence-electron chi connectivity index (χ2n) is 5.61. The number of halogens is 1. The van der Waals surface area contributed by atoms with Gasteiger partial charge in [-0.05, 0) is 24.3 Å². The number of hydrogen-bond donors (Lipinski definition) is 2. The Labute approximate surface area is 149 Å². The number of benzene rings is 2. The second kappa shape index (κ2) is 7.32. The van der Waals surface area contributed by atoms with Gasteiger partial charge in [-0.15, -0.1) is 0 Å². The van der Waals surface area contributed by atoms with Crippen molar-refractivity contribution in [2.75, 3.05) is 0 Å². The van der Waals surface area contributed by atoms with Crippen LogP contribution >= 0.6 is 11.6 Å². The fourth-order valence-corrected chi connectivity index (χ4v) is 2.76. The van der Waals surface area contributed by atoms with Gasteiger partial charge in [-0.3, -0.25) is 14.6 Å². The molecule has 0 saturated heterocycles. The lowest BCUT2D eigenvalue weighted by Crippen LogP contribution is -2.46. The van der Waals surface area contributed by atoms with Crippen molar-refractivity contribution in [1.82, 2.24) is 10.3 Å². The van der Waals surface area contributed by atoms with Crippen LogP contribution in [0.2, 0.25) is 5.02 Å². The highest BCUT2D eigenvalue weighted by Crippen LogP contribution is 2.16. The third-order valence-electron chi connectivity index (χ3n) is 3.84. The molecular weight excluding hydrogens is 338 g/mol. The van der Waals surface area contributed by atoms with E-state index in [0.717, 1.165) is 10.9 Å². The van der Waals surface area contributed by atoms with Crippen molar-refractivity contribution in [1.29, 1.82) is 0 Å². The Morgan fingerprint density at radius 1 is 1.04 bits per heavy atom. The van der Waals surface area contributed by atoms with Crippen LogP contribution in [0, 0.1) is 0 Å². The van der Waals surface area contributed by atoms with Gasteiger partial charge in [0.2, 0.25) is 5.91 Å². The zero-order valence-corrected chi connectivity index (χ0v) is 14.0. The fourth-order valence-electron chi connectivity index (χ4n) is 2.54. The van der Waals surface area contributed by atoms with Crippen molar-refractivity contribution >= 4 is 34.3 Å². The molecule has 3 rings (SSSR count). The lowest BCUT2D eigenvalue weighted by atomic mass is 10.1. The van der Waals surface area contributed by atoms with Crippen molar-refractivity contribution in [2.24, 2.45) is 5.73 Å². The lowest BCUT2D eigenvalue weighted by molar-refractivity contribution is -0.119. The molecule has 0 saturated carbocycles. The summed E-state index contributed by atoms with van der Waals surface area (Å²) in [5.74, 6) is -1.08. The molecule has 0 aliphatic carbocycles. The first-order chi connectivity index (χ1) is 12.0. The first-order valence-corrected chi connectivity index (χ1v) is 8.12. The highest BCUT2D eigenvalue weighted by atomic mass is 35.5. The molecule has 5 nitrogen and oxygen atoms in total. The molecule has 2 aromatic carbocycles. The molecule has 0 aliphatic rings. The first-order valence-electron chi connectivity index (χ1n) is 7.74. The van der Waals surface area contributed by atoms with E-state index in [2.05, 4.69) is 10.3 Å². The molecule has 1 heterocycles. The summed E-state index contributed by atoms with van der Waals surface area (Å²) in [5, 5.41) is 3.95. The second-order valence-corrected chi connectivity index (χ2v) is 6.01. The van der Waals surface area contributed by atoms with Gasteiger partial charge in [-0.1, -0.05) is 48.0 Å². The van der Waals surface area contributed by atoms with Crippen molar-refractivity contribution in [2.45, 2.75) is 12.5 Å². The number of hydrogen-bond acceptors (Lipinski definition) is 3. The summed E-state index contributed by atoms with van der Waals surface area (Å²) in [6.07, 6.45) is 0.205. The monoisotopic (exact) mass is 353 g/mol. The van der Waals surface area contributed by atoms with Crippen LogP contribution < -0.4 is 11.1 Å². The Bertz CT molecular complexity index is 943. The molecule has 2 amide bonds. The predicted molar refractivity (Wildman–Crippen MR) is 97.3 cm³/mol. The maximum atomic E-state index is 12.4. The summed E-state index contributed by atoms with van der Waals surface area (Å²) in [6.45, 7) is 0. The maximum Gasteiger partial charge on any atom is 0.253 e. The van der Waals surface area contributed by atoms with Crippen LogP contribution in [0.5, 0.6) is 0 Å². The van der Waals surface area contributed by atoms with E-state index in [4.69, 9.17) is 17.3 Å². The molecule has 1 atom stereocenters. The minimum absolute atomic E-state index is 0.205. The van der Waals surface area contributed by atoms with Crippen LogP contribution in [0.15, 0.2) is 60.7 Å². The summed E-state index contributed by atoms with van der Waals surface area (Å²) in [6, 6.07) is 17.2. The molecule has 1 aromatic heterocycles. The van der Waals surface area contributed by atoms with Crippen LogP contribution in [-0.2, 0) is 11.2 Å². The van der Waals surface area contributed by atoms with E-state index < -0.39 is 17.9 Å². The lowest BCUT2D eigenvalue weighted by Gasteiger charge is -2.16. The number of primary amides is 1. The number of aromatic nitrogens is 1. The summed E-state index contributed by atoms with van der Waals surface area (Å²) in [5.41, 5.74) is 7.23. The van der Waals surface area contributed by atoms with Crippen LogP contribution in [0.1, 0.15) is 16.1 Å². The minimum atomic E-state index is -0.877. The molecule has 0 unspecified atom stereocenters. The van der Waals surface area contributed by atoms with E-state index in [1.165, 1.54) is 0 Å². The van der Waals surface area contributed by atoms with Crippen molar-refractivity contribution in [3.05, 3.63) is 76.9 Å². The number of rotatable bonds is 5. The Balaban J connectivity index is 1.80. The van der Waals surface area contributed by atoms with Crippen molar-refractivity contribution in [3.8, 4) is 0 Å². The zero-order chi connectivity index (χ0) is 17.8. The number of pyridine rings is 1. The number of nitrogens with one attached hydrogen (secondary N) is 1. The van der Waals surface area contributed by atoms with Gasteiger partial charge < -0.3 is 11.1 Å². The quantitative estimate of drug-likeness (QED) is 0.739. The molecule has 3 N–H and O–H groups in total. The van der Waals surface area contributed by atoms with E-state index in [1.54, 1.807) is 24.3 Å². The zero-order valence-electron chi connectivity index (χ0n) is 13.3. The first kappa shape index (κ1) is 16.9. The topological polar surface area (TPSA) is 85.1 Å². The third kappa shape index (κ3) is 3.95. The highest BCUT2D eigenvalue weighted by Gasteiger charge is 2.21. The molecule has 25 heavy (non-hydrogen) atoms. The third-order valence-corrected chi connectivity index (χ3v) is 4.17. The van der Waals surface area contributed by atoms with Crippen LogP contribution in [-0.4, -0.2) is 22.8 Å². The smallest absolute Gasteiger partial charge is 0.253 e. The molecule has 0 bridgehead atoms. The number of fused-ring (bicyclic) bond motifs is 1. The Morgan fingerprint density at radius 2 is 1.76 bits per heavy atom. The van der Waals surface area contributed by atoms with Gasteiger partial charge in [0.05, 0.1) is 16.1 Å². The van der Waals surface area contributed by atoms with Crippen molar-refractivity contribution in [3.63, 3.8) is 0 Å². The van der Waals surface area contributed by atoms with E-state index in [-0.39, 0.29) is 6.42 Å². The molecule has 0 radical (unpaired) electrons. The Kier molecular flexibility index (Phi) is 4.95. The number of amides is 2. The van der Waals surface area contributed by atoms with Gasteiger partial charge in [0.1, 0.15) is 6.04 Å². The van der Waals surface area contributed by atoms with Gasteiger partial charge in [0, 0.05) is 17.5 Å². The molecule has 0 fully saturated rings. The SMILES string of the molecule is NC(=O)[C@H](Cc1ccc2ccccc2n1)NC(=O)c1ccccc1Cl. The number of carbonyl (C=O) groups is 2. The maximum absolute atomic E-state index is 12.4. The molecule has 126 valence electrons. The van der Waals surface area contributed by atoms with E-state index in [9.17, 15) is 9.59 Å². The standard InChI is InChI=1S/C19H16ClN3O2/c20-15-7-3-2-6-14(15)19(25)23-17(18(21)24)11-13-10-9-12-5-1-4-8-16(12)22-13/h1-10,17H,11H2,(H2,21,24)(H,23,25)/t17-/m0/s1. The molecule has 6 heteroatoms. The minimum Gasteiger partial charge on any atom is -0.368 e. The van der Waals surface area contributed by atoms with Gasteiger partial charge >= 0.3 is 0 Å². The van der Waals surface area contributed by atoms with Gasteiger partial charge in [0.15, 0.2) is 0 Å². The van der Waals surface area contributed by atoms with Gasteiger partial charge in [-0.25, -0.2) is 0 Å². The number of carbonyl (C=O) groups excluding carboxylic acids is 2. The van der Waals surface area contributed by atoms with Crippen molar-refractivity contribution < 1.29 is 9.59 Å². The molecule has 3 aromatic rings. The number of nitrogens with two attached hydrogens (primary N) is 1. The van der Waals surface area contributed by atoms with E-state index in [0.29, 0.717) is 16.3 Å². The van der Waals surface area contributed by atoms with Crippen LogP contribution in [0.25, 0.3) is 10.9 Å². The van der Waals surface area contributed by atoms with E-state index in [1.807, 2.05) is 36.4 Å². The van der Waals surface area contributed by atoms with Gasteiger partial charge in [-0.2, -0.15) is 0 Å². The van der Waals surface area contributed by atoms with E-state index >= 15 is 0 Å². The molecular formula is C19H16ClN3O2. The van der Waals surface area contributed by atoms with Gasteiger partial charge in [0.25, 0.3) is 5.91 Å². The summed E-state index contributed by atoms with van der Waals surface area (Å²) >= 11 is 6.02. The van der Waals surface area contributed by atoms with Crippen LogP contribution in [0.3, 0.4) is 0 Å². The molecule has 0 spiro atoms. The average molecular weight is 354 g/mol. The largest absolute Gasteiger partial charge is 0.368 e. The number of para-hydroxylation sites is 1. The Hall–Kier alpha value is -2.92. The average Bonchev–Trinajstić information content (AvgIpc) is 2.61. The number of nitrogens with zero attached hydrogens (tertiary/aromatic N) is 1. The Morgan fingerprint density at radius 3 is 2.52 bits per heavy atom. The summed E-state index contributed by atoms with van der Waals surface area (Å²) < 4.78 is 0. The highest BCUT2D eigenvalue weighted by molar-refractivity contribution is 6.33. The summed E-state index contributed by atoms with van der Waals surface area (Å²) in [7, 11) is 0.